The standard InChI is InChI=1S/C27H33N3O5/c1-3-13-28-25(31)16-20-10-11-22-24(35-20)17-34-23-12-9-19(15-21(23)27(33)30(22)2)29-26(32)14-18-7-5-4-6-8-18/h4-9,12,15,20,22,24H,3,10-11,13-14,16-17H2,1-2H3,(H,28,31)(H,29,32)/t20-,22-,24-/m1/s1. The quantitative estimate of drug-likeness (QED) is 0.636. The van der Waals surface area contributed by atoms with E-state index in [2.05, 4.69) is 10.6 Å². The molecule has 0 unspecified atom stereocenters. The molecule has 2 aliphatic heterocycles. The summed E-state index contributed by atoms with van der Waals surface area (Å²) in [7, 11) is 1.77. The fourth-order valence-corrected chi connectivity index (χ4v) is 4.64. The van der Waals surface area contributed by atoms with Crippen molar-refractivity contribution in [3.8, 4) is 5.75 Å². The van der Waals surface area contributed by atoms with Crippen LogP contribution in [0.1, 0.15) is 48.5 Å². The van der Waals surface area contributed by atoms with Crippen molar-refractivity contribution in [1.82, 2.24) is 10.2 Å². The first-order valence-corrected chi connectivity index (χ1v) is 12.2. The molecule has 0 aliphatic carbocycles. The van der Waals surface area contributed by atoms with Gasteiger partial charge in [-0.15, -0.1) is 0 Å². The topological polar surface area (TPSA) is 97.0 Å². The molecule has 2 aliphatic rings. The van der Waals surface area contributed by atoms with E-state index in [-0.39, 0.29) is 49.0 Å². The molecule has 8 nitrogen and oxygen atoms in total. The van der Waals surface area contributed by atoms with Gasteiger partial charge in [-0.2, -0.15) is 0 Å². The monoisotopic (exact) mass is 479 g/mol. The zero-order chi connectivity index (χ0) is 24.8. The summed E-state index contributed by atoms with van der Waals surface area (Å²) in [6.45, 7) is 2.95. The number of nitrogens with one attached hydrogen (secondary N) is 2. The van der Waals surface area contributed by atoms with Crippen LogP contribution in [0.15, 0.2) is 48.5 Å². The summed E-state index contributed by atoms with van der Waals surface area (Å²) < 4.78 is 12.2. The highest BCUT2D eigenvalue weighted by Gasteiger charge is 2.39. The summed E-state index contributed by atoms with van der Waals surface area (Å²) in [4.78, 5) is 39.7. The molecule has 4 rings (SSSR count). The molecule has 1 saturated heterocycles. The zero-order valence-corrected chi connectivity index (χ0v) is 20.3. The Labute approximate surface area is 206 Å². The van der Waals surface area contributed by atoms with Gasteiger partial charge in [0.2, 0.25) is 11.8 Å². The van der Waals surface area contributed by atoms with Crippen molar-refractivity contribution in [2.24, 2.45) is 0 Å². The zero-order valence-electron chi connectivity index (χ0n) is 20.3. The maximum atomic E-state index is 13.4. The van der Waals surface area contributed by atoms with E-state index < -0.39 is 0 Å². The predicted molar refractivity (Wildman–Crippen MR) is 132 cm³/mol. The molecule has 2 aromatic rings. The Kier molecular flexibility index (Phi) is 8.02. The average molecular weight is 480 g/mol. The molecule has 35 heavy (non-hydrogen) atoms. The van der Waals surface area contributed by atoms with Gasteiger partial charge in [0, 0.05) is 19.3 Å². The Morgan fingerprint density at radius 3 is 2.66 bits per heavy atom. The van der Waals surface area contributed by atoms with Gasteiger partial charge in [0.1, 0.15) is 18.5 Å². The predicted octanol–water partition coefficient (Wildman–Crippen LogP) is 3.16. The van der Waals surface area contributed by atoms with Crippen molar-refractivity contribution < 1.29 is 23.9 Å². The molecule has 1 fully saturated rings. The van der Waals surface area contributed by atoms with E-state index in [1.54, 1.807) is 30.1 Å². The summed E-state index contributed by atoms with van der Waals surface area (Å²) >= 11 is 0. The molecule has 2 heterocycles. The first kappa shape index (κ1) is 24.7. The van der Waals surface area contributed by atoms with E-state index in [1.807, 2.05) is 37.3 Å². The first-order chi connectivity index (χ1) is 16.9. The molecule has 3 amide bonds. The van der Waals surface area contributed by atoms with Crippen molar-refractivity contribution in [3.63, 3.8) is 0 Å². The van der Waals surface area contributed by atoms with Gasteiger partial charge >= 0.3 is 0 Å². The van der Waals surface area contributed by atoms with Crippen molar-refractivity contribution in [3.05, 3.63) is 59.7 Å². The molecule has 0 radical (unpaired) electrons. The lowest BCUT2D eigenvalue weighted by Gasteiger charge is -2.42. The summed E-state index contributed by atoms with van der Waals surface area (Å²) in [5.41, 5.74) is 1.87. The number of hydrogen-bond acceptors (Lipinski definition) is 5. The van der Waals surface area contributed by atoms with Crippen LogP contribution < -0.4 is 15.4 Å². The van der Waals surface area contributed by atoms with Gasteiger partial charge < -0.3 is 25.0 Å². The average Bonchev–Trinajstić information content (AvgIpc) is 2.86. The lowest BCUT2D eigenvalue weighted by molar-refractivity contribution is -0.134. The molecule has 2 N–H and O–H groups in total. The number of carbonyl (C=O) groups is 3. The number of nitrogens with zero attached hydrogens (tertiary/aromatic N) is 1. The fraction of sp³-hybridized carbons (Fsp3) is 0.444. The van der Waals surface area contributed by atoms with Crippen LogP contribution in [0, 0.1) is 0 Å². The molecular weight excluding hydrogens is 446 g/mol. The minimum Gasteiger partial charge on any atom is -0.490 e. The van der Waals surface area contributed by atoms with Crippen LogP contribution in [0.4, 0.5) is 5.69 Å². The first-order valence-electron chi connectivity index (χ1n) is 12.2. The van der Waals surface area contributed by atoms with Crippen LogP contribution in [0.3, 0.4) is 0 Å². The van der Waals surface area contributed by atoms with Crippen molar-refractivity contribution in [2.45, 2.75) is 57.3 Å². The lowest BCUT2D eigenvalue weighted by atomic mass is 9.94. The summed E-state index contributed by atoms with van der Waals surface area (Å²) in [6.07, 6.45) is 2.36. The van der Waals surface area contributed by atoms with Crippen molar-refractivity contribution in [1.29, 1.82) is 0 Å². The second-order valence-corrected chi connectivity index (χ2v) is 9.14. The van der Waals surface area contributed by atoms with Crippen LogP contribution in [0.5, 0.6) is 5.75 Å². The normalized spacial score (nSPS) is 21.6. The number of fused-ring (bicyclic) bond motifs is 2. The van der Waals surface area contributed by atoms with E-state index in [9.17, 15) is 14.4 Å². The molecular formula is C27H33N3O5. The maximum absolute atomic E-state index is 13.4. The van der Waals surface area contributed by atoms with E-state index in [0.717, 1.165) is 18.4 Å². The number of ether oxygens (including phenoxy) is 2. The molecule has 8 heteroatoms. The largest absolute Gasteiger partial charge is 0.490 e. The highest BCUT2D eigenvalue weighted by molar-refractivity contribution is 6.00. The Balaban J connectivity index is 1.43. The molecule has 3 atom stereocenters. The molecule has 0 spiro atoms. The third-order valence-electron chi connectivity index (χ3n) is 6.49. The van der Waals surface area contributed by atoms with Gasteiger partial charge in [-0.25, -0.2) is 0 Å². The molecule has 186 valence electrons. The van der Waals surface area contributed by atoms with E-state index >= 15 is 0 Å². The third-order valence-corrected chi connectivity index (χ3v) is 6.49. The van der Waals surface area contributed by atoms with Crippen LogP contribution in [-0.2, 0) is 20.7 Å². The van der Waals surface area contributed by atoms with Gasteiger partial charge in [-0.05, 0) is 43.0 Å². The van der Waals surface area contributed by atoms with Gasteiger partial charge in [-0.1, -0.05) is 37.3 Å². The lowest BCUT2D eigenvalue weighted by Crippen LogP contribution is -2.54. The second kappa shape index (κ2) is 11.4. The van der Waals surface area contributed by atoms with E-state index in [0.29, 0.717) is 36.4 Å². The smallest absolute Gasteiger partial charge is 0.257 e. The third kappa shape index (κ3) is 6.19. The minimum absolute atomic E-state index is 0.0151. The van der Waals surface area contributed by atoms with Gasteiger partial charge in [-0.3, -0.25) is 14.4 Å². The van der Waals surface area contributed by atoms with Gasteiger partial charge in [0.15, 0.2) is 0 Å². The van der Waals surface area contributed by atoms with Gasteiger partial charge in [0.25, 0.3) is 5.91 Å². The molecule has 0 aromatic heterocycles. The number of hydrogen-bond donors (Lipinski definition) is 2. The number of amides is 3. The number of benzene rings is 2. The second-order valence-electron chi connectivity index (χ2n) is 9.14. The van der Waals surface area contributed by atoms with Crippen LogP contribution >= 0.6 is 0 Å². The van der Waals surface area contributed by atoms with E-state index in [4.69, 9.17) is 9.47 Å². The maximum Gasteiger partial charge on any atom is 0.257 e. The highest BCUT2D eigenvalue weighted by atomic mass is 16.5. The minimum atomic E-state index is -0.319. The fourth-order valence-electron chi connectivity index (χ4n) is 4.64. The summed E-state index contributed by atoms with van der Waals surface area (Å²) in [6, 6.07) is 14.5. The number of likely N-dealkylation sites (N-methyl/N-ethyl adjacent to an activating group) is 1. The van der Waals surface area contributed by atoms with Gasteiger partial charge in [0.05, 0.1) is 30.6 Å². The highest BCUT2D eigenvalue weighted by Crippen LogP contribution is 2.32. The van der Waals surface area contributed by atoms with Crippen molar-refractivity contribution >= 4 is 23.4 Å². The Morgan fingerprint density at radius 1 is 1.09 bits per heavy atom. The SMILES string of the molecule is CCCNC(=O)C[C@H]1CC[C@@H]2[C@@H](COc3ccc(NC(=O)Cc4ccccc4)cc3C(=O)N2C)O1. The number of rotatable bonds is 7. The van der Waals surface area contributed by atoms with Crippen LogP contribution in [0.25, 0.3) is 0 Å². The summed E-state index contributed by atoms with van der Waals surface area (Å²) in [5, 5.41) is 5.77. The Hall–Kier alpha value is -3.39. The summed E-state index contributed by atoms with van der Waals surface area (Å²) in [5.74, 6) is 0.0986. The molecule has 0 saturated carbocycles. The van der Waals surface area contributed by atoms with E-state index in [1.165, 1.54) is 0 Å². The molecule has 0 bridgehead atoms. The molecule has 2 aromatic carbocycles. The Bertz CT molecular complexity index is 1060. The van der Waals surface area contributed by atoms with Crippen LogP contribution in [-0.4, -0.2) is 61.1 Å². The number of carbonyl (C=O) groups excluding carboxylic acids is 3. The van der Waals surface area contributed by atoms with Crippen LogP contribution in [0.2, 0.25) is 0 Å². The Morgan fingerprint density at radius 2 is 1.89 bits per heavy atom. The number of anilines is 1. The van der Waals surface area contributed by atoms with Crippen molar-refractivity contribution in [2.75, 3.05) is 25.5 Å².